The van der Waals surface area contributed by atoms with Crippen LogP contribution in [0, 0.1) is 0 Å². The van der Waals surface area contributed by atoms with E-state index >= 15 is 0 Å². The molecule has 0 spiro atoms. The van der Waals surface area contributed by atoms with Crippen LogP contribution in [-0.4, -0.2) is 30.8 Å². The minimum Gasteiger partial charge on any atom is -0.364 e. The molecule has 1 aromatic carbocycles. The van der Waals surface area contributed by atoms with Crippen molar-refractivity contribution >= 4 is 5.78 Å². The zero-order chi connectivity index (χ0) is 12.4. The van der Waals surface area contributed by atoms with Crippen LogP contribution in [0.1, 0.15) is 12.5 Å². The largest absolute Gasteiger partial charge is 0.364 e. The number of hydrogen-bond donors (Lipinski definition) is 1. The third-order valence-electron chi connectivity index (χ3n) is 3.08. The summed E-state index contributed by atoms with van der Waals surface area (Å²) in [6.07, 6.45) is 0.744. The van der Waals surface area contributed by atoms with Gasteiger partial charge in [0, 0.05) is 26.1 Å². The second-order valence-corrected chi connectivity index (χ2v) is 4.62. The summed E-state index contributed by atoms with van der Waals surface area (Å²) in [7, 11) is 3.90. The minimum absolute atomic E-state index is 0.116. The molecule has 1 aromatic rings. The predicted molar refractivity (Wildman–Crippen MR) is 68.5 cm³/mol. The second kappa shape index (κ2) is 4.62. The SMILES string of the molecule is CC1=C(N(C)C)NC(Cc2ccccc2)C1=O. The minimum atomic E-state index is -0.116. The number of benzene rings is 1. The Labute approximate surface area is 102 Å². The summed E-state index contributed by atoms with van der Waals surface area (Å²) in [5, 5.41) is 3.29. The number of Topliss-reactive ketones (excluding diaryl/α,β-unsaturated/α-hetero) is 1. The summed E-state index contributed by atoms with van der Waals surface area (Å²) in [4.78, 5) is 14.0. The monoisotopic (exact) mass is 230 g/mol. The average Bonchev–Trinajstić information content (AvgIpc) is 2.59. The van der Waals surface area contributed by atoms with Crippen molar-refractivity contribution in [3.8, 4) is 0 Å². The molecule has 3 heteroatoms. The number of ketones is 1. The lowest BCUT2D eigenvalue weighted by Gasteiger charge is -2.18. The summed E-state index contributed by atoms with van der Waals surface area (Å²) < 4.78 is 0. The fourth-order valence-corrected chi connectivity index (χ4v) is 2.17. The number of nitrogens with zero attached hydrogens (tertiary/aromatic N) is 1. The van der Waals surface area contributed by atoms with Gasteiger partial charge in [0.25, 0.3) is 0 Å². The lowest BCUT2D eigenvalue weighted by atomic mass is 10.0. The van der Waals surface area contributed by atoms with E-state index in [0.29, 0.717) is 0 Å². The van der Waals surface area contributed by atoms with Gasteiger partial charge in [0.2, 0.25) is 0 Å². The first kappa shape index (κ1) is 11.7. The van der Waals surface area contributed by atoms with E-state index in [1.165, 1.54) is 5.56 Å². The molecule has 3 nitrogen and oxygen atoms in total. The summed E-state index contributed by atoms with van der Waals surface area (Å²) in [5.74, 6) is 1.15. The first-order chi connectivity index (χ1) is 8.09. The zero-order valence-corrected chi connectivity index (χ0v) is 10.5. The Morgan fingerprint density at radius 3 is 2.41 bits per heavy atom. The van der Waals surface area contributed by atoms with Gasteiger partial charge in [-0.1, -0.05) is 30.3 Å². The number of rotatable bonds is 3. The quantitative estimate of drug-likeness (QED) is 0.855. The first-order valence-electron chi connectivity index (χ1n) is 5.82. The van der Waals surface area contributed by atoms with Crippen molar-refractivity contribution in [2.45, 2.75) is 19.4 Å². The van der Waals surface area contributed by atoms with Crippen molar-refractivity contribution in [3.63, 3.8) is 0 Å². The van der Waals surface area contributed by atoms with Crippen LogP contribution in [0.15, 0.2) is 41.7 Å². The molecule has 1 N–H and O–H groups in total. The smallest absolute Gasteiger partial charge is 0.184 e. The molecule has 0 radical (unpaired) electrons. The van der Waals surface area contributed by atoms with E-state index in [9.17, 15) is 4.79 Å². The molecule has 0 amide bonds. The highest BCUT2D eigenvalue weighted by Gasteiger charge is 2.30. The Hall–Kier alpha value is -1.77. The Morgan fingerprint density at radius 2 is 1.88 bits per heavy atom. The molecule has 0 fully saturated rings. The highest BCUT2D eigenvalue weighted by Crippen LogP contribution is 2.18. The Balaban J connectivity index is 2.10. The standard InChI is InChI=1S/C14H18N2O/c1-10-13(17)12(15-14(10)16(2)3)9-11-7-5-4-6-8-11/h4-8,12,15H,9H2,1-3H3. The van der Waals surface area contributed by atoms with Gasteiger partial charge in [0.05, 0.1) is 6.04 Å². The van der Waals surface area contributed by atoms with Gasteiger partial charge in [-0.3, -0.25) is 4.79 Å². The van der Waals surface area contributed by atoms with E-state index in [4.69, 9.17) is 0 Å². The number of nitrogens with one attached hydrogen (secondary N) is 1. The maximum absolute atomic E-state index is 12.1. The van der Waals surface area contributed by atoms with E-state index in [0.717, 1.165) is 17.8 Å². The third-order valence-corrected chi connectivity index (χ3v) is 3.08. The average molecular weight is 230 g/mol. The van der Waals surface area contributed by atoms with Crippen LogP contribution in [0.5, 0.6) is 0 Å². The maximum Gasteiger partial charge on any atom is 0.184 e. The molecule has 0 bridgehead atoms. The highest BCUT2D eigenvalue weighted by molar-refractivity contribution is 6.02. The van der Waals surface area contributed by atoms with Gasteiger partial charge in [0.1, 0.15) is 5.82 Å². The molecule has 0 saturated carbocycles. The molecule has 0 aromatic heterocycles. The normalized spacial score (nSPS) is 19.5. The van der Waals surface area contributed by atoms with Crippen molar-refractivity contribution < 1.29 is 4.79 Å². The van der Waals surface area contributed by atoms with Crippen molar-refractivity contribution in [1.82, 2.24) is 10.2 Å². The molecule has 1 heterocycles. The van der Waals surface area contributed by atoms with Gasteiger partial charge in [-0.15, -0.1) is 0 Å². The Bertz CT molecular complexity index is 449. The summed E-state index contributed by atoms with van der Waals surface area (Å²) in [6, 6.07) is 9.98. The van der Waals surface area contributed by atoms with E-state index in [2.05, 4.69) is 17.4 Å². The fraction of sp³-hybridized carbons (Fsp3) is 0.357. The lowest BCUT2D eigenvalue weighted by molar-refractivity contribution is -0.116. The van der Waals surface area contributed by atoms with E-state index < -0.39 is 0 Å². The first-order valence-corrected chi connectivity index (χ1v) is 5.82. The van der Waals surface area contributed by atoms with Crippen molar-refractivity contribution in [2.75, 3.05) is 14.1 Å². The topological polar surface area (TPSA) is 32.3 Å². The summed E-state index contributed by atoms with van der Waals surface area (Å²) in [6.45, 7) is 1.88. The molecule has 0 saturated heterocycles. The van der Waals surface area contributed by atoms with Gasteiger partial charge in [-0.25, -0.2) is 0 Å². The van der Waals surface area contributed by atoms with Gasteiger partial charge in [-0.05, 0) is 12.5 Å². The summed E-state index contributed by atoms with van der Waals surface area (Å²) >= 11 is 0. The molecule has 17 heavy (non-hydrogen) atoms. The van der Waals surface area contributed by atoms with E-state index in [1.54, 1.807) is 0 Å². The molecular formula is C14H18N2O. The number of carbonyl (C=O) groups excluding carboxylic acids is 1. The van der Waals surface area contributed by atoms with Crippen LogP contribution >= 0.6 is 0 Å². The highest BCUT2D eigenvalue weighted by atomic mass is 16.1. The van der Waals surface area contributed by atoms with Crippen molar-refractivity contribution in [2.24, 2.45) is 0 Å². The molecule has 2 rings (SSSR count). The zero-order valence-electron chi connectivity index (χ0n) is 10.5. The molecule has 90 valence electrons. The molecule has 1 aliphatic heterocycles. The van der Waals surface area contributed by atoms with Gasteiger partial charge in [-0.2, -0.15) is 0 Å². The molecular weight excluding hydrogens is 212 g/mol. The third kappa shape index (κ3) is 2.33. The second-order valence-electron chi connectivity index (χ2n) is 4.62. The summed E-state index contributed by atoms with van der Waals surface area (Å²) in [5.41, 5.74) is 2.02. The van der Waals surface area contributed by atoms with Crippen molar-refractivity contribution in [3.05, 3.63) is 47.3 Å². The van der Waals surface area contributed by atoms with Crippen LogP contribution in [0.25, 0.3) is 0 Å². The molecule has 1 atom stereocenters. The van der Waals surface area contributed by atoms with Crippen LogP contribution in [0.2, 0.25) is 0 Å². The maximum atomic E-state index is 12.1. The van der Waals surface area contributed by atoms with Gasteiger partial charge in [0.15, 0.2) is 5.78 Å². The number of carbonyl (C=O) groups is 1. The van der Waals surface area contributed by atoms with E-state index in [1.807, 2.05) is 44.1 Å². The fourth-order valence-electron chi connectivity index (χ4n) is 2.17. The number of hydrogen-bond acceptors (Lipinski definition) is 3. The lowest BCUT2D eigenvalue weighted by Crippen LogP contribution is -2.34. The van der Waals surface area contributed by atoms with E-state index in [-0.39, 0.29) is 11.8 Å². The van der Waals surface area contributed by atoms with Crippen LogP contribution in [-0.2, 0) is 11.2 Å². The molecule has 1 unspecified atom stereocenters. The Morgan fingerprint density at radius 1 is 1.24 bits per heavy atom. The van der Waals surface area contributed by atoms with Gasteiger partial charge >= 0.3 is 0 Å². The Kier molecular flexibility index (Phi) is 3.18. The molecule has 1 aliphatic rings. The van der Waals surface area contributed by atoms with Crippen LogP contribution in [0.3, 0.4) is 0 Å². The van der Waals surface area contributed by atoms with Crippen molar-refractivity contribution in [1.29, 1.82) is 0 Å². The van der Waals surface area contributed by atoms with Gasteiger partial charge < -0.3 is 10.2 Å². The molecule has 0 aliphatic carbocycles. The predicted octanol–water partition coefficient (Wildman–Crippen LogP) is 1.56. The van der Waals surface area contributed by atoms with Crippen LogP contribution in [0.4, 0.5) is 0 Å². The van der Waals surface area contributed by atoms with Crippen LogP contribution < -0.4 is 5.32 Å².